The highest BCUT2D eigenvalue weighted by Gasteiger charge is 2.21. The highest BCUT2D eigenvalue weighted by molar-refractivity contribution is 5.71. The summed E-state index contributed by atoms with van der Waals surface area (Å²) in [4.78, 5) is 6.85. The molecule has 2 atom stereocenters. The number of hydrogen-bond donors (Lipinski definition) is 3. The summed E-state index contributed by atoms with van der Waals surface area (Å²) in [5, 5.41) is 32.1. The van der Waals surface area contributed by atoms with Crippen molar-refractivity contribution in [1.29, 1.82) is 0 Å². The van der Waals surface area contributed by atoms with Crippen molar-refractivity contribution in [2.24, 2.45) is 0 Å². The van der Waals surface area contributed by atoms with Crippen molar-refractivity contribution in [2.45, 2.75) is 44.8 Å². The zero-order valence-corrected chi connectivity index (χ0v) is 16.4. The molecule has 1 saturated heterocycles. The topological polar surface area (TPSA) is 94.4 Å². The molecule has 1 aliphatic heterocycles. The lowest BCUT2D eigenvalue weighted by molar-refractivity contribution is 0.158. The number of phenolic OH excluding ortho intramolecular Hbond substituents is 1. The summed E-state index contributed by atoms with van der Waals surface area (Å²) >= 11 is 0. The zero-order chi connectivity index (χ0) is 19.7. The van der Waals surface area contributed by atoms with Gasteiger partial charge in [-0.25, -0.2) is 4.98 Å². The molecule has 2 fully saturated rings. The maximum atomic E-state index is 10.5. The molecule has 28 heavy (non-hydrogen) atoms. The number of benzene rings is 1. The molecule has 0 amide bonds. The molecular weight excluding hydrogens is 354 g/mol. The lowest BCUT2D eigenvalue weighted by Crippen LogP contribution is -2.40. The van der Waals surface area contributed by atoms with E-state index in [1.54, 1.807) is 6.07 Å². The second-order valence-electron chi connectivity index (χ2n) is 7.87. The van der Waals surface area contributed by atoms with Crippen LogP contribution in [-0.2, 0) is 0 Å². The van der Waals surface area contributed by atoms with Crippen LogP contribution in [0, 0.1) is 6.92 Å². The van der Waals surface area contributed by atoms with E-state index in [0.29, 0.717) is 23.2 Å². The van der Waals surface area contributed by atoms with Gasteiger partial charge in [0.25, 0.3) is 0 Å². The summed E-state index contributed by atoms with van der Waals surface area (Å²) in [6.07, 6.45) is 5.57. The van der Waals surface area contributed by atoms with Gasteiger partial charge in [0.05, 0.1) is 11.8 Å². The molecule has 7 heteroatoms. The first kappa shape index (κ1) is 18.8. The zero-order valence-electron chi connectivity index (χ0n) is 16.4. The average Bonchev–Trinajstić information content (AvgIpc) is 2.66. The SMILES string of the molecule is Cc1nc(N[C@@H]2CCCN(C)C2)nnc1-c1ccc(/C=C2\CCC2O)cc1O. The third-order valence-corrected chi connectivity index (χ3v) is 5.58. The molecule has 0 spiro atoms. The fraction of sp³-hybridized carbons (Fsp3) is 0.476. The van der Waals surface area contributed by atoms with Crippen molar-refractivity contribution in [3.8, 4) is 17.0 Å². The largest absolute Gasteiger partial charge is 0.507 e. The van der Waals surface area contributed by atoms with Gasteiger partial charge in [0.15, 0.2) is 0 Å². The fourth-order valence-electron chi connectivity index (χ4n) is 3.84. The average molecular weight is 381 g/mol. The normalized spacial score (nSPS) is 24.2. The number of hydrogen-bond acceptors (Lipinski definition) is 7. The number of aromatic hydroxyl groups is 1. The van der Waals surface area contributed by atoms with Crippen LogP contribution >= 0.6 is 0 Å². The number of anilines is 1. The molecule has 2 heterocycles. The molecule has 2 aliphatic rings. The van der Waals surface area contributed by atoms with Crippen LogP contribution in [0.15, 0.2) is 23.8 Å². The Hall–Kier alpha value is -2.51. The van der Waals surface area contributed by atoms with E-state index in [9.17, 15) is 10.2 Å². The fourth-order valence-corrected chi connectivity index (χ4v) is 3.84. The lowest BCUT2D eigenvalue weighted by Gasteiger charge is -2.30. The third-order valence-electron chi connectivity index (χ3n) is 5.58. The van der Waals surface area contributed by atoms with Crippen LogP contribution in [0.4, 0.5) is 5.95 Å². The Labute approximate surface area is 165 Å². The minimum absolute atomic E-state index is 0.136. The van der Waals surface area contributed by atoms with Crippen molar-refractivity contribution in [3.63, 3.8) is 0 Å². The van der Waals surface area contributed by atoms with Crippen molar-refractivity contribution in [1.82, 2.24) is 20.1 Å². The number of piperidine rings is 1. The van der Waals surface area contributed by atoms with Crippen LogP contribution < -0.4 is 5.32 Å². The van der Waals surface area contributed by atoms with Crippen LogP contribution in [0.3, 0.4) is 0 Å². The number of aliphatic hydroxyl groups excluding tert-OH is 1. The summed E-state index contributed by atoms with van der Waals surface area (Å²) in [6, 6.07) is 5.76. The van der Waals surface area contributed by atoms with Gasteiger partial charge in [0.1, 0.15) is 11.4 Å². The first-order valence-corrected chi connectivity index (χ1v) is 9.88. The Morgan fingerprint density at radius 3 is 2.75 bits per heavy atom. The quantitative estimate of drug-likeness (QED) is 0.749. The Balaban J connectivity index is 1.52. The Morgan fingerprint density at radius 1 is 1.25 bits per heavy atom. The van der Waals surface area contributed by atoms with Gasteiger partial charge in [0, 0.05) is 18.2 Å². The first-order chi connectivity index (χ1) is 13.5. The first-order valence-electron chi connectivity index (χ1n) is 9.88. The van der Waals surface area contributed by atoms with Gasteiger partial charge in [0.2, 0.25) is 5.95 Å². The molecule has 2 aromatic rings. The van der Waals surface area contributed by atoms with Crippen molar-refractivity contribution < 1.29 is 10.2 Å². The number of likely N-dealkylation sites (N-methyl/N-ethyl adjacent to an activating group) is 1. The van der Waals surface area contributed by atoms with Gasteiger partial charge in [-0.05, 0) is 69.5 Å². The molecule has 4 rings (SSSR count). The molecule has 1 aromatic heterocycles. The maximum Gasteiger partial charge on any atom is 0.243 e. The lowest BCUT2D eigenvalue weighted by atomic mass is 9.87. The number of aryl methyl sites for hydroxylation is 1. The van der Waals surface area contributed by atoms with Gasteiger partial charge < -0.3 is 20.4 Å². The molecule has 7 nitrogen and oxygen atoms in total. The van der Waals surface area contributed by atoms with E-state index in [1.807, 2.05) is 25.1 Å². The van der Waals surface area contributed by atoms with Gasteiger partial charge in [-0.3, -0.25) is 0 Å². The van der Waals surface area contributed by atoms with Gasteiger partial charge in [-0.1, -0.05) is 12.1 Å². The van der Waals surface area contributed by atoms with Crippen LogP contribution in [-0.4, -0.2) is 62.6 Å². The third kappa shape index (κ3) is 4.00. The van der Waals surface area contributed by atoms with E-state index in [2.05, 4.69) is 32.4 Å². The second-order valence-corrected chi connectivity index (χ2v) is 7.87. The minimum atomic E-state index is -0.344. The minimum Gasteiger partial charge on any atom is -0.507 e. The van der Waals surface area contributed by atoms with Crippen LogP contribution in [0.25, 0.3) is 17.3 Å². The number of aromatic nitrogens is 3. The number of phenols is 1. The van der Waals surface area contributed by atoms with E-state index in [0.717, 1.165) is 55.6 Å². The summed E-state index contributed by atoms with van der Waals surface area (Å²) in [6.45, 7) is 3.97. The van der Waals surface area contributed by atoms with E-state index >= 15 is 0 Å². The smallest absolute Gasteiger partial charge is 0.243 e. The Morgan fingerprint density at radius 2 is 2.11 bits per heavy atom. The van der Waals surface area contributed by atoms with Gasteiger partial charge in [-0.15, -0.1) is 10.2 Å². The predicted molar refractivity (Wildman–Crippen MR) is 109 cm³/mol. The number of aliphatic hydroxyl groups is 1. The molecule has 1 saturated carbocycles. The number of likely N-dealkylation sites (tertiary alicyclic amines) is 1. The predicted octanol–water partition coefficient (Wildman–Crippen LogP) is 2.60. The Kier molecular flexibility index (Phi) is 5.28. The van der Waals surface area contributed by atoms with E-state index in [-0.39, 0.29) is 11.9 Å². The monoisotopic (exact) mass is 381 g/mol. The maximum absolute atomic E-state index is 10.5. The van der Waals surface area contributed by atoms with Crippen LogP contribution in [0.2, 0.25) is 0 Å². The number of rotatable bonds is 4. The second kappa shape index (κ2) is 7.85. The van der Waals surface area contributed by atoms with Gasteiger partial charge in [-0.2, -0.15) is 0 Å². The summed E-state index contributed by atoms with van der Waals surface area (Å²) < 4.78 is 0. The highest BCUT2D eigenvalue weighted by Crippen LogP contribution is 2.33. The summed E-state index contributed by atoms with van der Waals surface area (Å²) in [7, 11) is 2.12. The summed E-state index contributed by atoms with van der Waals surface area (Å²) in [5.74, 6) is 0.665. The molecule has 1 unspecified atom stereocenters. The highest BCUT2D eigenvalue weighted by atomic mass is 16.3. The number of nitrogens with one attached hydrogen (secondary N) is 1. The van der Waals surface area contributed by atoms with Crippen molar-refractivity contribution >= 4 is 12.0 Å². The molecule has 1 aromatic carbocycles. The molecule has 148 valence electrons. The van der Waals surface area contributed by atoms with Crippen molar-refractivity contribution in [3.05, 3.63) is 35.0 Å². The van der Waals surface area contributed by atoms with Gasteiger partial charge >= 0.3 is 0 Å². The molecular formula is C21H27N5O2. The molecule has 0 radical (unpaired) electrons. The standard InChI is InChI=1S/C21H27N5O2/c1-13-20(24-25-21(22-13)23-16-4-3-9-26(2)12-16)17-7-5-14(11-19(17)28)10-15-6-8-18(15)27/h5,7,10-11,16,18,27-28H,3-4,6,8-9,12H2,1-2H3,(H,22,23,25)/b15-10+/t16-,18?/m1/s1. The Bertz CT molecular complexity index is 898. The molecule has 0 bridgehead atoms. The molecule has 3 N–H and O–H groups in total. The summed E-state index contributed by atoms with van der Waals surface area (Å²) in [5.41, 5.74) is 3.78. The van der Waals surface area contributed by atoms with Crippen LogP contribution in [0.1, 0.15) is 36.9 Å². The van der Waals surface area contributed by atoms with E-state index < -0.39 is 0 Å². The van der Waals surface area contributed by atoms with Crippen LogP contribution in [0.5, 0.6) is 5.75 Å². The van der Waals surface area contributed by atoms with Crippen molar-refractivity contribution in [2.75, 3.05) is 25.5 Å². The van der Waals surface area contributed by atoms with E-state index in [1.165, 1.54) is 0 Å². The number of nitrogens with zero attached hydrogens (tertiary/aromatic N) is 4. The van der Waals surface area contributed by atoms with E-state index in [4.69, 9.17) is 0 Å². The molecule has 1 aliphatic carbocycles.